The van der Waals surface area contributed by atoms with Gasteiger partial charge in [-0.2, -0.15) is 0 Å². The second-order valence-corrected chi connectivity index (χ2v) is 11.8. The van der Waals surface area contributed by atoms with Crippen molar-refractivity contribution in [3.05, 3.63) is 100 Å². The summed E-state index contributed by atoms with van der Waals surface area (Å²) in [5, 5.41) is 0. The van der Waals surface area contributed by atoms with Crippen LogP contribution < -0.4 is 0 Å². The smallest absolute Gasteiger partial charge is 0.0849 e. The molecule has 3 aromatic rings. The van der Waals surface area contributed by atoms with Gasteiger partial charge in [0.25, 0.3) is 0 Å². The lowest BCUT2D eigenvalue weighted by Crippen LogP contribution is -2.07. The van der Waals surface area contributed by atoms with Crippen molar-refractivity contribution >= 4 is 22.8 Å². The van der Waals surface area contributed by atoms with Crippen molar-refractivity contribution in [2.24, 2.45) is 9.98 Å². The zero-order chi connectivity index (χ0) is 28.9. The molecule has 0 unspecified atom stereocenters. The number of nitrogens with zero attached hydrogens (tertiary/aromatic N) is 3. The van der Waals surface area contributed by atoms with Gasteiger partial charge in [0.05, 0.1) is 34.2 Å². The molecule has 206 valence electrons. The van der Waals surface area contributed by atoms with Gasteiger partial charge in [0.2, 0.25) is 0 Å². The zero-order valence-electron chi connectivity index (χ0n) is 25.8. The normalized spacial score (nSPS) is 12.8. The number of allylic oxidation sites excluding steroid dienone is 1. The Morgan fingerprint density at radius 1 is 0.667 bits per heavy atom. The summed E-state index contributed by atoms with van der Waals surface area (Å²) in [6, 6.07) is 17.3. The van der Waals surface area contributed by atoms with Crippen LogP contribution in [0.15, 0.2) is 71.2 Å². The number of pyridine rings is 1. The summed E-state index contributed by atoms with van der Waals surface area (Å²) in [5.74, 6) is 1.52. The molecule has 0 spiro atoms. The van der Waals surface area contributed by atoms with Gasteiger partial charge in [0.1, 0.15) is 0 Å². The van der Waals surface area contributed by atoms with Crippen LogP contribution in [0.2, 0.25) is 0 Å². The average molecular weight is 522 g/mol. The molecule has 1 heterocycles. The third-order valence-electron chi connectivity index (χ3n) is 7.24. The predicted molar refractivity (Wildman–Crippen MR) is 171 cm³/mol. The third kappa shape index (κ3) is 7.20. The van der Waals surface area contributed by atoms with E-state index in [1.54, 1.807) is 0 Å². The summed E-state index contributed by atoms with van der Waals surface area (Å²) in [6.07, 6.45) is 2.84. The van der Waals surface area contributed by atoms with E-state index in [9.17, 15) is 0 Å². The van der Waals surface area contributed by atoms with Crippen LogP contribution >= 0.6 is 0 Å². The van der Waals surface area contributed by atoms with Crippen LogP contribution in [0.1, 0.15) is 132 Å². The molecule has 3 nitrogen and oxygen atoms in total. The molecule has 0 aliphatic rings. The Bertz CT molecular complexity index is 1310. The molecule has 0 radical (unpaired) electrons. The van der Waals surface area contributed by atoms with Crippen LogP contribution in [0.5, 0.6) is 0 Å². The SMILES string of the molecule is C=CCc1cc(C(C)C)c(/N=C(\C)c2cccc(/C(C)=N/c3c(C(C)C)cccc3C(C)C)n2)c(C(C)C)c1. The molecule has 0 amide bonds. The van der Waals surface area contributed by atoms with Crippen molar-refractivity contribution in [3.63, 3.8) is 0 Å². The van der Waals surface area contributed by atoms with Crippen molar-refractivity contribution in [1.29, 1.82) is 0 Å². The number of para-hydroxylation sites is 1. The van der Waals surface area contributed by atoms with E-state index in [1.165, 1.54) is 27.8 Å². The van der Waals surface area contributed by atoms with Gasteiger partial charge in [-0.3, -0.25) is 9.98 Å². The topological polar surface area (TPSA) is 37.6 Å². The molecule has 0 saturated carbocycles. The predicted octanol–water partition coefficient (Wildman–Crippen LogP) is 10.6. The molecule has 39 heavy (non-hydrogen) atoms. The quantitative estimate of drug-likeness (QED) is 0.193. The highest BCUT2D eigenvalue weighted by Crippen LogP contribution is 2.37. The largest absolute Gasteiger partial charge is 0.251 e. The first-order valence-corrected chi connectivity index (χ1v) is 14.4. The van der Waals surface area contributed by atoms with Gasteiger partial charge in [-0.25, -0.2) is 4.98 Å². The molecule has 1 aromatic heterocycles. The molecule has 0 atom stereocenters. The molecule has 0 saturated heterocycles. The Morgan fingerprint density at radius 3 is 1.44 bits per heavy atom. The maximum Gasteiger partial charge on any atom is 0.0849 e. The number of aliphatic imine (C=N–C) groups is 2. The fourth-order valence-electron chi connectivity index (χ4n) is 4.97. The summed E-state index contributed by atoms with van der Waals surface area (Å²) >= 11 is 0. The molecule has 2 aromatic carbocycles. The van der Waals surface area contributed by atoms with Gasteiger partial charge in [0.15, 0.2) is 0 Å². The summed E-state index contributed by atoms with van der Waals surface area (Å²) in [6.45, 7) is 26.0. The Hall–Kier alpha value is -3.33. The fraction of sp³-hybridized carbons (Fsp3) is 0.417. The van der Waals surface area contributed by atoms with Crippen LogP contribution in [0, 0.1) is 0 Å². The fourth-order valence-corrected chi connectivity index (χ4v) is 4.97. The van der Waals surface area contributed by atoms with Crippen molar-refractivity contribution in [1.82, 2.24) is 4.98 Å². The molecule has 0 fully saturated rings. The van der Waals surface area contributed by atoms with Crippen LogP contribution in [0.25, 0.3) is 0 Å². The van der Waals surface area contributed by atoms with Gasteiger partial charge >= 0.3 is 0 Å². The highest BCUT2D eigenvalue weighted by atomic mass is 14.8. The summed E-state index contributed by atoms with van der Waals surface area (Å²) in [4.78, 5) is 15.4. The second-order valence-electron chi connectivity index (χ2n) is 11.8. The first-order valence-electron chi connectivity index (χ1n) is 14.4. The minimum atomic E-state index is 0.365. The van der Waals surface area contributed by atoms with E-state index in [-0.39, 0.29) is 0 Å². The lowest BCUT2D eigenvalue weighted by Gasteiger charge is -2.19. The number of hydrogen-bond donors (Lipinski definition) is 0. The van der Waals surface area contributed by atoms with Crippen LogP contribution in [-0.4, -0.2) is 16.4 Å². The first kappa shape index (κ1) is 30.2. The Morgan fingerprint density at radius 2 is 1.05 bits per heavy atom. The minimum Gasteiger partial charge on any atom is -0.251 e. The van der Waals surface area contributed by atoms with Crippen LogP contribution in [0.4, 0.5) is 11.4 Å². The number of rotatable bonds is 10. The molecular formula is C36H47N3. The van der Waals surface area contributed by atoms with Crippen molar-refractivity contribution < 1.29 is 0 Å². The van der Waals surface area contributed by atoms with Gasteiger partial charge in [-0.1, -0.05) is 97.9 Å². The van der Waals surface area contributed by atoms with Crippen molar-refractivity contribution in [3.8, 4) is 0 Å². The highest BCUT2D eigenvalue weighted by molar-refractivity contribution is 6.02. The number of hydrogen-bond acceptors (Lipinski definition) is 3. The average Bonchev–Trinajstić information content (AvgIpc) is 2.88. The lowest BCUT2D eigenvalue weighted by atomic mass is 9.89. The van der Waals surface area contributed by atoms with Crippen molar-refractivity contribution in [2.75, 3.05) is 0 Å². The monoisotopic (exact) mass is 521 g/mol. The van der Waals surface area contributed by atoms with E-state index in [0.29, 0.717) is 23.7 Å². The molecule has 0 bridgehead atoms. The summed E-state index contributed by atoms with van der Waals surface area (Å²) < 4.78 is 0. The van der Waals surface area contributed by atoms with E-state index < -0.39 is 0 Å². The van der Waals surface area contributed by atoms with E-state index in [4.69, 9.17) is 15.0 Å². The molecule has 0 aliphatic carbocycles. The molecule has 0 N–H and O–H groups in total. The third-order valence-corrected chi connectivity index (χ3v) is 7.24. The standard InChI is InChI=1S/C36H47N3/c1-12-15-28-20-31(24(6)7)36(32(21-28)25(8)9)38-27(11)34-19-14-18-33(39-34)26(10)37-35-29(22(2)3)16-13-17-30(35)23(4)5/h12-14,16-25H,1,15H2,2-11H3/b37-26+,38-27+. The Labute approximate surface area is 237 Å². The van der Waals surface area contributed by atoms with Gasteiger partial charge < -0.3 is 0 Å². The van der Waals surface area contributed by atoms with E-state index in [0.717, 1.165) is 40.6 Å². The maximum atomic E-state index is 5.22. The minimum absolute atomic E-state index is 0.365. The zero-order valence-corrected chi connectivity index (χ0v) is 25.8. The van der Waals surface area contributed by atoms with E-state index in [2.05, 4.69) is 112 Å². The Kier molecular flexibility index (Phi) is 10.2. The van der Waals surface area contributed by atoms with E-state index >= 15 is 0 Å². The van der Waals surface area contributed by atoms with E-state index in [1.807, 2.05) is 18.2 Å². The van der Waals surface area contributed by atoms with Crippen LogP contribution in [-0.2, 0) is 6.42 Å². The van der Waals surface area contributed by atoms with Crippen LogP contribution in [0.3, 0.4) is 0 Å². The van der Waals surface area contributed by atoms with Gasteiger partial charge in [-0.05, 0) is 83.9 Å². The highest BCUT2D eigenvalue weighted by Gasteiger charge is 2.17. The van der Waals surface area contributed by atoms with Gasteiger partial charge in [0, 0.05) is 0 Å². The molecule has 3 heteroatoms. The van der Waals surface area contributed by atoms with Gasteiger partial charge in [-0.15, -0.1) is 6.58 Å². The number of benzene rings is 2. The maximum absolute atomic E-state index is 5.22. The first-order chi connectivity index (χ1) is 18.4. The lowest BCUT2D eigenvalue weighted by molar-refractivity contribution is 0.830. The van der Waals surface area contributed by atoms with Crippen molar-refractivity contribution in [2.45, 2.75) is 99.3 Å². The summed E-state index contributed by atoms with van der Waals surface area (Å²) in [5.41, 5.74) is 12.1. The molecule has 3 rings (SSSR count). The molecule has 0 aliphatic heterocycles. The Balaban J connectivity index is 2.11. The molecular weight excluding hydrogens is 474 g/mol. The second kappa shape index (κ2) is 13.2. The summed E-state index contributed by atoms with van der Waals surface area (Å²) in [7, 11) is 0. The number of aromatic nitrogens is 1.